The number of nitrogens with one attached hydrogen (secondary N) is 1. The zero-order valence-corrected chi connectivity index (χ0v) is 11.8. The van der Waals surface area contributed by atoms with Crippen molar-refractivity contribution in [3.63, 3.8) is 0 Å². The number of benzene rings is 1. The van der Waals surface area contributed by atoms with Gasteiger partial charge in [0.05, 0.1) is 6.20 Å². The molecule has 102 valence electrons. The molecular formula is C14H17ClFN3. The molecule has 0 saturated carbocycles. The highest BCUT2D eigenvalue weighted by Crippen LogP contribution is 2.24. The summed E-state index contributed by atoms with van der Waals surface area (Å²) in [6.07, 6.45) is 4.52. The second kappa shape index (κ2) is 6.17. The lowest BCUT2D eigenvalue weighted by Crippen LogP contribution is -2.22. The minimum absolute atomic E-state index is 0.127. The van der Waals surface area contributed by atoms with Crippen molar-refractivity contribution in [1.29, 1.82) is 0 Å². The summed E-state index contributed by atoms with van der Waals surface area (Å²) in [7, 11) is 1.89. The van der Waals surface area contributed by atoms with E-state index in [1.165, 1.54) is 12.1 Å². The summed E-state index contributed by atoms with van der Waals surface area (Å²) in [6, 6.07) is 4.65. The first-order chi connectivity index (χ1) is 9.10. The second-order valence-corrected chi connectivity index (χ2v) is 4.90. The van der Waals surface area contributed by atoms with Crippen LogP contribution in [-0.2, 0) is 13.5 Å². The summed E-state index contributed by atoms with van der Waals surface area (Å²) in [6.45, 7) is 2.90. The van der Waals surface area contributed by atoms with Crippen molar-refractivity contribution < 1.29 is 4.39 Å². The maximum atomic E-state index is 13.0. The molecule has 0 spiro atoms. The predicted molar refractivity (Wildman–Crippen MR) is 74.7 cm³/mol. The Morgan fingerprint density at radius 1 is 1.47 bits per heavy atom. The summed E-state index contributed by atoms with van der Waals surface area (Å²) in [5, 5.41) is 8.04. The van der Waals surface area contributed by atoms with Crippen LogP contribution in [0.15, 0.2) is 30.6 Å². The molecule has 5 heteroatoms. The average molecular weight is 282 g/mol. The standard InChI is InChI=1S/C14H17ClFN3/c1-3-17-14(11-8-18-19(2)9-11)6-10-4-5-12(16)7-13(10)15/h4-5,7-9,14,17H,3,6H2,1-2H3. The number of rotatable bonds is 5. The molecule has 0 fully saturated rings. The fourth-order valence-corrected chi connectivity index (χ4v) is 2.33. The van der Waals surface area contributed by atoms with Gasteiger partial charge in [-0.2, -0.15) is 5.10 Å². The van der Waals surface area contributed by atoms with Gasteiger partial charge in [0.15, 0.2) is 0 Å². The zero-order valence-electron chi connectivity index (χ0n) is 11.0. The highest BCUT2D eigenvalue weighted by atomic mass is 35.5. The van der Waals surface area contributed by atoms with Crippen LogP contribution in [-0.4, -0.2) is 16.3 Å². The van der Waals surface area contributed by atoms with Gasteiger partial charge >= 0.3 is 0 Å². The number of aromatic nitrogens is 2. The van der Waals surface area contributed by atoms with E-state index in [-0.39, 0.29) is 11.9 Å². The Balaban J connectivity index is 2.21. The van der Waals surface area contributed by atoms with E-state index in [2.05, 4.69) is 17.3 Å². The van der Waals surface area contributed by atoms with Crippen molar-refractivity contribution in [3.05, 3.63) is 52.6 Å². The molecule has 1 atom stereocenters. The fraction of sp³-hybridized carbons (Fsp3) is 0.357. The maximum Gasteiger partial charge on any atom is 0.124 e. The van der Waals surface area contributed by atoms with Crippen molar-refractivity contribution in [2.24, 2.45) is 7.05 Å². The summed E-state index contributed by atoms with van der Waals surface area (Å²) in [5.41, 5.74) is 2.03. The summed E-state index contributed by atoms with van der Waals surface area (Å²) in [4.78, 5) is 0. The van der Waals surface area contributed by atoms with Crippen LogP contribution in [0.1, 0.15) is 24.1 Å². The first-order valence-electron chi connectivity index (χ1n) is 6.26. The number of hydrogen-bond acceptors (Lipinski definition) is 2. The first kappa shape index (κ1) is 14.0. The molecule has 0 radical (unpaired) electrons. The summed E-state index contributed by atoms with van der Waals surface area (Å²) >= 11 is 6.08. The fourth-order valence-electron chi connectivity index (χ4n) is 2.08. The molecule has 0 aliphatic carbocycles. The molecule has 1 heterocycles. The number of halogens is 2. The van der Waals surface area contributed by atoms with E-state index in [1.807, 2.05) is 19.4 Å². The molecule has 1 N–H and O–H groups in total. The van der Waals surface area contributed by atoms with Gasteiger partial charge in [-0.1, -0.05) is 24.6 Å². The molecule has 1 aromatic heterocycles. The topological polar surface area (TPSA) is 29.9 Å². The molecule has 0 aliphatic rings. The molecule has 0 saturated heterocycles. The highest BCUT2D eigenvalue weighted by molar-refractivity contribution is 6.31. The van der Waals surface area contributed by atoms with Gasteiger partial charge in [0.1, 0.15) is 5.82 Å². The van der Waals surface area contributed by atoms with Crippen molar-refractivity contribution in [1.82, 2.24) is 15.1 Å². The number of nitrogens with zero attached hydrogens (tertiary/aromatic N) is 2. The lowest BCUT2D eigenvalue weighted by molar-refractivity contribution is 0.548. The Kier molecular flexibility index (Phi) is 4.56. The lowest BCUT2D eigenvalue weighted by Gasteiger charge is -2.17. The van der Waals surface area contributed by atoms with E-state index in [0.717, 1.165) is 17.7 Å². The van der Waals surface area contributed by atoms with E-state index in [1.54, 1.807) is 10.7 Å². The summed E-state index contributed by atoms with van der Waals surface area (Å²) in [5.74, 6) is -0.310. The number of aryl methyl sites for hydroxylation is 1. The van der Waals surface area contributed by atoms with Crippen molar-refractivity contribution in [2.75, 3.05) is 6.54 Å². The van der Waals surface area contributed by atoms with E-state index in [9.17, 15) is 4.39 Å². The molecule has 2 rings (SSSR count). The minimum atomic E-state index is -0.310. The Morgan fingerprint density at radius 2 is 2.26 bits per heavy atom. The third kappa shape index (κ3) is 3.55. The third-order valence-corrected chi connectivity index (χ3v) is 3.37. The molecule has 1 aromatic carbocycles. The van der Waals surface area contributed by atoms with Gasteiger partial charge in [-0.15, -0.1) is 0 Å². The monoisotopic (exact) mass is 281 g/mol. The van der Waals surface area contributed by atoms with Crippen LogP contribution in [0.2, 0.25) is 5.02 Å². The normalized spacial score (nSPS) is 12.6. The molecule has 19 heavy (non-hydrogen) atoms. The van der Waals surface area contributed by atoms with Gasteiger partial charge < -0.3 is 5.32 Å². The molecule has 2 aromatic rings. The Morgan fingerprint density at radius 3 is 2.84 bits per heavy atom. The van der Waals surface area contributed by atoms with E-state index < -0.39 is 0 Å². The van der Waals surface area contributed by atoms with Gasteiger partial charge in [-0.3, -0.25) is 4.68 Å². The average Bonchev–Trinajstić information content (AvgIpc) is 2.78. The summed E-state index contributed by atoms with van der Waals surface area (Å²) < 4.78 is 14.8. The molecule has 1 unspecified atom stereocenters. The van der Waals surface area contributed by atoms with Crippen molar-refractivity contribution in [3.8, 4) is 0 Å². The molecule has 0 bridgehead atoms. The SMILES string of the molecule is CCNC(Cc1ccc(F)cc1Cl)c1cnn(C)c1. The molecular weight excluding hydrogens is 265 g/mol. The van der Waals surface area contributed by atoms with Gasteiger partial charge in [-0.25, -0.2) is 4.39 Å². The molecule has 0 amide bonds. The van der Waals surface area contributed by atoms with Crippen LogP contribution >= 0.6 is 11.6 Å². The minimum Gasteiger partial charge on any atom is -0.310 e. The van der Waals surface area contributed by atoms with E-state index in [0.29, 0.717) is 11.4 Å². The van der Waals surface area contributed by atoms with Crippen LogP contribution in [0.5, 0.6) is 0 Å². The van der Waals surface area contributed by atoms with Gasteiger partial charge in [0, 0.05) is 29.9 Å². The van der Waals surface area contributed by atoms with Crippen LogP contribution in [0, 0.1) is 5.82 Å². The van der Waals surface area contributed by atoms with Gasteiger partial charge in [0.25, 0.3) is 0 Å². The van der Waals surface area contributed by atoms with Crippen molar-refractivity contribution >= 4 is 11.6 Å². The largest absolute Gasteiger partial charge is 0.310 e. The quantitative estimate of drug-likeness (QED) is 0.913. The van der Waals surface area contributed by atoms with Crippen LogP contribution in [0.25, 0.3) is 0 Å². The molecule has 0 aliphatic heterocycles. The lowest BCUT2D eigenvalue weighted by atomic mass is 10.0. The number of likely N-dealkylation sites (N-methyl/N-ethyl adjacent to an activating group) is 1. The first-order valence-corrected chi connectivity index (χ1v) is 6.63. The predicted octanol–water partition coefficient (Wildman–Crippen LogP) is 3.11. The van der Waals surface area contributed by atoms with Crippen molar-refractivity contribution in [2.45, 2.75) is 19.4 Å². The highest BCUT2D eigenvalue weighted by Gasteiger charge is 2.14. The van der Waals surface area contributed by atoms with E-state index in [4.69, 9.17) is 11.6 Å². The van der Waals surface area contributed by atoms with Crippen LogP contribution in [0.4, 0.5) is 4.39 Å². The Hall–Kier alpha value is -1.39. The smallest absolute Gasteiger partial charge is 0.124 e. The van der Waals surface area contributed by atoms with Crippen LogP contribution in [0.3, 0.4) is 0 Å². The Labute approximate surface area is 117 Å². The zero-order chi connectivity index (χ0) is 13.8. The third-order valence-electron chi connectivity index (χ3n) is 3.02. The maximum absolute atomic E-state index is 13.0. The van der Waals surface area contributed by atoms with Gasteiger partial charge in [0.2, 0.25) is 0 Å². The van der Waals surface area contributed by atoms with E-state index >= 15 is 0 Å². The van der Waals surface area contributed by atoms with Crippen LogP contribution < -0.4 is 5.32 Å². The molecule has 3 nitrogen and oxygen atoms in total. The second-order valence-electron chi connectivity index (χ2n) is 4.50. The number of hydrogen-bond donors (Lipinski definition) is 1. The van der Waals surface area contributed by atoms with Gasteiger partial charge in [-0.05, 0) is 30.7 Å². The Bertz CT molecular complexity index is 553.